The Morgan fingerprint density at radius 3 is 2.79 bits per heavy atom. The van der Waals surface area contributed by atoms with Crippen molar-refractivity contribution in [3.63, 3.8) is 0 Å². The van der Waals surface area contributed by atoms with Crippen molar-refractivity contribution < 1.29 is 14.3 Å². The van der Waals surface area contributed by atoms with Crippen LogP contribution in [0.5, 0.6) is 11.5 Å². The molecule has 0 aliphatic heterocycles. The van der Waals surface area contributed by atoms with E-state index in [1.165, 1.54) is 0 Å². The Bertz CT molecular complexity index is 708. The number of carbonyl (C=O) groups is 1. The third-order valence-corrected chi connectivity index (χ3v) is 4.00. The maximum absolute atomic E-state index is 12.4. The van der Waals surface area contributed by atoms with E-state index in [9.17, 15) is 4.79 Å². The summed E-state index contributed by atoms with van der Waals surface area (Å²) in [5, 5.41) is 3.25. The van der Waals surface area contributed by atoms with Gasteiger partial charge in [0.2, 0.25) is 0 Å². The first-order chi connectivity index (χ1) is 11.5. The molecule has 2 aromatic rings. The number of amides is 1. The lowest BCUT2D eigenvalue weighted by molar-refractivity contribution is 0.0950. The van der Waals surface area contributed by atoms with Crippen LogP contribution in [0, 0.1) is 0 Å². The highest BCUT2D eigenvalue weighted by Crippen LogP contribution is 2.36. The van der Waals surface area contributed by atoms with E-state index in [-0.39, 0.29) is 5.91 Å². The molecule has 0 saturated carbocycles. The highest BCUT2D eigenvalue weighted by Gasteiger charge is 2.15. The quantitative estimate of drug-likeness (QED) is 0.690. The van der Waals surface area contributed by atoms with Crippen molar-refractivity contribution in [1.82, 2.24) is 10.3 Å². The predicted molar refractivity (Wildman–Crippen MR) is 96.9 cm³/mol. The maximum atomic E-state index is 12.4. The van der Waals surface area contributed by atoms with Gasteiger partial charge in [0.05, 0.1) is 18.2 Å². The van der Waals surface area contributed by atoms with E-state index >= 15 is 0 Å². The fourth-order valence-corrected chi connectivity index (χ4v) is 2.66. The molecule has 0 aliphatic rings. The van der Waals surface area contributed by atoms with Crippen LogP contribution in [0.1, 0.15) is 29.3 Å². The molecule has 5 nitrogen and oxygen atoms in total. The molecule has 1 N–H and O–H groups in total. The van der Waals surface area contributed by atoms with Gasteiger partial charge in [0, 0.05) is 18.3 Å². The highest BCUT2D eigenvalue weighted by atomic mass is 79.9. The first-order valence-electron chi connectivity index (χ1n) is 7.44. The van der Waals surface area contributed by atoms with Crippen LogP contribution < -0.4 is 14.8 Å². The molecular weight excluding hydrogens is 396 g/mol. The highest BCUT2D eigenvalue weighted by molar-refractivity contribution is 9.10. The lowest BCUT2D eigenvalue weighted by Crippen LogP contribution is -2.23. The smallest absolute Gasteiger partial charge is 0.251 e. The monoisotopic (exact) mass is 412 g/mol. The Labute approximate surface area is 154 Å². The summed E-state index contributed by atoms with van der Waals surface area (Å²) in [6.07, 6.45) is 2.51. The van der Waals surface area contributed by atoms with E-state index in [0.29, 0.717) is 39.8 Å². The van der Waals surface area contributed by atoms with Gasteiger partial charge in [-0.2, -0.15) is 0 Å². The summed E-state index contributed by atoms with van der Waals surface area (Å²) >= 11 is 9.17. The second-order valence-corrected chi connectivity index (χ2v) is 6.25. The minimum atomic E-state index is -0.217. The second-order valence-electron chi connectivity index (χ2n) is 5.01. The third kappa shape index (κ3) is 4.85. The Hall–Kier alpha value is -1.79. The van der Waals surface area contributed by atoms with Gasteiger partial charge in [0.15, 0.2) is 11.5 Å². The van der Waals surface area contributed by atoms with Crippen molar-refractivity contribution in [2.45, 2.75) is 19.9 Å². The molecular formula is C17H18BrClN2O3. The average molecular weight is 414 g/mol. The molecule has 0 radical (unpaired) electrons. The molecule has 1 aromatic carbocycles. The molecule has 128 valence electrons. The van der Waals surface area contributed by atoms with Crippen molar-refractivity contribution in [3.05, 3.63) is 51.2 Å². The number of ether oxygens (including phenoxy) is 2. The average Bonchev–Trinajstić information content (AvgIpc) is 2.59. The zero-order valence-corrected chi connectivity index (χ0v) is 15.8. The molecule has 0 spiro atoms. The summed E-state index contributed by atoms with van der Waals surface area (Å²) < 4.78 is 11.7. The van der Waals surface area contributed by atoms with Crippen LogP contribution in [0.15, 0.2) is 34.9 Å². The number of nitrogens with one attached hydrogen (secondary N) is 1. The second kappa shape index (κ2) is 8.89. The number of nitrogens with zero attached hydrogens (tertiary/aromatic N) is 1. The van der Waals surface area contributed by atoms with Crippen molar-refractivity contribution in [1.29, 1.82) is 0 Å². The van der Waals surface area contributed by atoms with Gasteiger partial charge in [0.1, 0.15) is 5.15 Å². The van der Waals surface area contributed by atoms with Gasteiger partial charge in [-0.25, -0.2) is 4.98 Å². The summed E-state index contributed by atoms with van der Waals surface area (Å²) in [4.78, 5) is 16.3. The summed E-state index contributed by atoms with van der Waals surface area (Å²) in [7, 11) is 1.54. The van der Waals surface area contributed by atoms with Gasteiger partial charge >= 0.3 is 0 Å². The molecule has 1 heterocycles. The van der Waals surface area contributed by atoms with Crippen molar-refractivity contribution in [2.75, 3.05) is 13.7 Å². The number of methoxy groups -OCH3 is 1. The summed E-state index contributed by atoms with van der Waals surface area (Å²) in [5.41, 5.74) is 1.34. The molecule has 0 aliphatic carbocycles. The Balaban J connectivity index is 2.11. The number of hydrogen-bond acceptors (Lipinski definition) is 4. The first-order valence-corrected chi connectivity index (χ1v) is 8.61. The number of pyridine rings is 1. The fourth-order valence-electron chi connectivity index (χ4n) is 1.99. The van der Waals surface area contributed by atoms with E-state index < -0.39 is 0 Å². The van der Waals surface area contributed by atoms with Crippen LogP contribution in [-0.2, 0) is 6.54 Å². The van der Waals surface area contributed by atoms with Crippen molar-refractivity contribution in [3.8, 4) is 11.5 Å². The Morgan fingerprint density at radius 1 is 1.38 bits per heavy atom. The fraction of sp³-hybridized carbons (Fsp3) is 0.294. The summed E-state index contributed by atoms with van der Waals surface area (Å²) in [6, 6.07) is 6.87. The molecule has 0 atom stereocenters. The molecule has 0 unspecified atom stereocenters. The normalized spacial score (nSPS) is 10.3. The minimum absolute atomic E-state index is 0.217. The van der Waals surface area contributed by atoms with E-state index in [1.807, 2.05) is 13.0 Å². The molecule has 2 rings (SSSR count). The van der Waals surface area contributed by atoms with E-state index in [4.69, 9.17) is 21.1 Å². The molecule has 0 bridgehead atoms. The minimum Gasteiger partial charge on any atom is -0.493 e. The standard InChI is InChI=1S/C17H18BrClN2O3/c1-3-6-24-16-13(18)7-12(8-14(16)23-2)17(22)21-10-11-4-5-15(19)20-9-11/h4-5,7-9H,3,6,10H2,1-2H3,(H,21,22). The van der Waals surface area contributed by atoms with E-state index in [2.05, 4.69) is 26.2 Å². The third-order valence-electron chi connectivity index (χ3n) is 3.18. The Morgan fingerprint density at radius 2 is 2.17 bits per heavy atom. The van der Waals surface area contributed by atoms with Crippen molar-refractivity contribution >= 4 is 33.4 Å². The number of rotatable bonds is 7. The van der Waals surface area contributed by atoms with Crippen LogP contribution >= 0.6 is 27.5 Å². The lowest BCUT2D eigenvalue weighted by Gasteiger charge is -2.14. The van der Waals surface area contributed by atoms with Gasteiger partial charge in [-0.1, -0.05) is 24.6 Å². The number of benzene rings is 1. The van der Waals surface area contributed by atoms with Gasteiger partial charge in [-0.05, 0) is 46.1 Å². The maximum Gasteiger partial charge on any atom is 0.251 e. The first kappa shape index (κ1) is 18.5. The molecule has 7 heteroatoms. The van der Waals surface area contributed by atoms with Gasteiger partial charge < -0.3 is 14.8 Å². The number of aromatic nitrogens is 1. The predicted octanol–water partition coefficient (Wildman–Crippen LogP) is 4.22. The topological polar surface area (TPSA) is 60.5 Å². The van der Waals surface area contributed by atoms with Crippen LogP contribution in [-0.4, -0.2) is 24.6 Å². The van der Waals surface area contributed by atoms with Crippen LogP contribution in [0.2, 0.25) is 5.15 Å². The summed E-state index contributed by atoms with van der Waals surface area (Å²) in [6.45, 7) is 2.95. The van der Waals surface area contributed by atoms with Gasteiger partial charge in [-0.15, -0.1) is 0 Å². The zero-order valence-electron chi connectivity index (χ0n) is 13.4. The lowest BCUT2D eigenvalue weighted by atomic mass is 10.1. The molecule has 1 amide bonds. The molecule has 24 heavy (non-hydrogen) atoms. The van der Waals surface area contributed by atoms with Crippen LogP contribution in [0.25, 0.3) is 0 Å². The van der Waals surface area contributed by atoms with Crippen LogP contribution in [0.3, 0.4) is 0 Å². The van der Waals surface area contributed by atoms with E-state index in [0.717, 1.165) is 12.0 Å². The van der Waals surface area contributed by atoms with Gasteiger partial charge in [0.25, 0.3) is 5.91 Å². The van der Waals surface area contributed by atoms with Crippen molar-refractivity contribution in [2.24, 2.45) is 0 Å². The largest absolute Gasteiger partial charge is 0.493 e. The van der Waals surface area contributed by atoms with E-state index in [1.54, 1.807) is 31.5 Å². The van der Waals surface area contributed by atoms with Gasteiger partial charge in [-0.3, -0.25) is 4.79 Å². The molecule has 0 saturated heterocycles. The van der Waals surface area contributed by atoms with Crippen LogP contribution in [0.4, 0.5) is 0 Å². The summed E-state index contributed by atoms with van der Waals surface area (Å²) in [5.74, 6) is 0.889. The Kier molecular flexibility index (Phi) is 6.87. The number of halogens is 2. The number of carbonyl (C=O) groups excluding carboxylic acids is 1. The zero-order chi connectivity index (χ0) is 17.5. The molecule has 0 fully saturated rings. The number of hydrogen-bond donors (Lipinski definition) is 1. The molecule has 1 aromatic heterocycles. The SMILES string of the molecule is CCCOc1c(Br)cc(C(=O)NCc2ccc(Cl)nc2)cc1OC.